The Labute approximate surface area is 102 Å². The average Bonchev–Trinajstić information content (AvgIpc) is 2.93. The molecule has 3 heterocycles. The summed E-state index contributed by atoms with van der Waals surface area (Å²) < 4.78 is 8.03. The quantitative estimate of drug-likeness (QED) is 0.850. The Hall–Kier alpha value is -1.10. The third-order valence-corrected chi connectivity index (χ3v) is 3.72. The lowest BCUT2D eigenvalue weighted by Gasteiger charge is -2.28. The van der Waals surface area contributed by atoms with Gasteiger partial charge in [0.2, 0.25) is 5.95 Å². The van der Waals surface area contributed by atoms with Crippen LogP contribution in [0.5, 0.6) is 0 Å². The molecule has 94 valence electrons. The van der Waals surface area contributed by atoms with E-state index in [0.29, 0.717) is 18.2 Å². The number of anilines is 1. The molecule has 0 saturated carbocycles. The van der Waals surface area contributed by atoms with E-state index in [1.54, 1.807) is 0 Å². The van der Waals surface area contributed by atoms with E-state index in [0.717, 1.165) is 37.6 Å². The van der Waals surface area contributed by atoms with E-state index in [9.17, 15) is 0 Å². The number of nitrogens with zero attached hydrogens (tertiary/aromatic N) is 3. The Balaban J connectivity index is 1.85. The molecule has 0 aliphatic carbocycles. The van der Waals surface area contributed by atoms with E-state index in [1.165, 1.54) is 6.42 Å². The van der Waals surface area contributed by atoms with Gasteiger partial charge in [0.15, 0.2) is 5.82 Å². The number of fused-ring (bicyclic) bond motifs is 1. The molecule has 17 heavy (non-hydrogen) atoms. The Morgan fingerprint density at radius 3 is 3.00 bits per heavy atom. The van der Waals surface area contributed by atoms with Crippen LogP contribution in [0.2, 0.25) is 0 Å². The van der Waals surface area contributed by atoms with Gasteiger partial charge in [0, 0.05) is 13.0 Å². The standard InChI is InChI=1S/C12H20N4O/c1-3-11-14-12-13-7-6-9(16(12)15-11)10-5-4-8(2)17-10/h8-10H,3-7H2,1-2H3,(H,13,14,15). The van der Waals surface area contributed by atoms with Crippen LogP contribution in [-0.2, 0) is 11.2 Å². The first-order chi connectivity index (χ1) is 8.28. The highest BCUT2D eigenvalue weighted by atomic mass is 16.5. The van der Waals surface area contributed by atoms with Gasteiger partial charge in [-0.15, -0.1) is 0 Å². The third kappa shape index (κ3) is 1.92. The molecule has 1 N–H and O–H groups in total. The maximum absolute atomic E-state index is 5.98. The largest absolute Gasteiger partial charge is 0.373 e. The van der Waals surface area contributed by atoms with E-state index in [2.05, 4.69) is 29.2 Å². The Morgan fingerprint density at radius 2 is 2.29 bits per heavy atom. The van der Waals surface area contributed by atoms with Gasteiger partial charge in [-0.05, 0) is 26.2 Å². The molecule has 0 bridgehead atoms. The molecule has 0 amide bonds. The van der Waals surface area contributed by atoms with Crippen molar-refractivity contribution in [3.05, 3.63) is 5.82 Å². The van der Waals surface area contributed by atoms with Crippen LogP contribution in [-0.4, -0.2) is 33.5 Å². The molecule has 2 aliphatic heterocycles. The number of aromatic nitrogens is 3. The van der Waals surface area contributed by atoms with Gasteiger partial charge in [-0.3, -0.25) is 0 Å². The van der Waals surface area contributed by atoms with Crippen molar-refractivity contribution in [2.24, 2.45) is 0 Å². The van der Waals surface area contributed by atoms with Gasteiger partial charge in [-0.1, -0.05) is 6.92 Å². The molecule has 1 saturated heterocycles. The summed E-state index contributed by atoms with van der Waals surface area (Å²) in [5.74, 6) is 1.84. The molecular formula is C12H20N4O. The van der Waals surface area contributed by atoms with Crippen LogP contribution in [0, 0.1) is 0 Å². The van der Waals surface area contributed by atoms with E-state index in [4.69, 9.17) is 4.74 Å². The maximum Gasteiger partial charge on any atom is 0.221 e. The van der Waals surface area contributed by atoms with Crippen LogP contribution < -0.4 is 5.32 Å². The maximum atomic E-state index is 5.98. The summed E-state index contributed by atoms with van der Waals surface area (Å²) in [5.41, 5.74) is 0. The SMILES string of the molecule is CCc1nc2n(n1)C(C1CCC(C)O1)CCN2. The molecular weight excluding hydrogens is 216 g/mol. The smallest absolute Gasteiger partial charge is 0.221 e. The van der Waals surface area contributed by atoms with Gasteiger partial charge in [-0.2, -0.15) is 10.1 Å². The fraction of sp³-hybridized carbons (Fsp3) is 0.833. The summed E-state index contributed by atoms with van der Waals surface area (Å²) in [6.45, 7) is 5.21. The van der Waals surface area contributed by atoms with Crippen LogP contribution >= 0.6 is 0 Å². The van der Waals surface area contributed by atoms with Gasteiger partial charge < -0.3 is 10.1 Å². The highest BCUT2D eigenvalue weighted by molar-refractivity contribution is 5.28. The molecule has 0 aromatic carbocycles. The van der Waals surface area contributed by atoms with Gasteiger partial charge in [-0.25, -0.2) is 4.68 Å². The molecule has 3 rings (SSSR count). The molecule has 1 aromatic heterocycles. The van der Waals surface area contributed by atoms with Crippen molar-refractivity contribution in [3.63, 3.8) is 0 Å². The summed E-state index contributed by atoms with van der Waals surface area (Å²) in [6, 6.07) is 0.365. The second-order valence-corrected chi connectivity index (χ2v) is 5.00. The Bertz CT molecular complexity index is 403. The number of aryl methyl sites for hydroxylation is 1. The second kappa shape index (κ2) is 4.29. The normalized spacial score (nSPS) is 32.2. The van der Waals surface area contributed by atoms with E-state index in [1.807, 2.05) is 4.68 Å². The lowest BCUT2D eigenvalue weighted by molar-refractivity contribution is 0.0171. The predicted octanol–water partition coefficient (Wildman–Crippen LogP) is 1.76. The highest BCUT2D eigenvalue weighted by Gasteiger charge is 2.34. The lowest BCUT2D eigenvalue weighted by Crippen LogP contribution is -2.32. The third-order valence-electron chi connectivity index (χ3n) is 3.72. The topological polar surface area (TPSA) is 52.0 Å². The molecule has 1 aromatic rings. The number of rotatable bonds is 2. The number of hydrogen-bond donors (Lipinski definition) is 1. The van der Waals surface area contributed by atoms with Crippen LogP contribution in [0.15, 0.2) is 0 Å². The van der Waals surface area contributed by atoms with Crippen molar-refractivity contribution < 1.29 is 4.74 Å². The Morgan fingerprint density at radius 1 is 1.41 bits per heavy atom. The van der Waals surface area contributed by atoms with Gasteiger partial charge in [0.25, 0.3) is 0 Å². The van der Waals surface area contributed by atoms with E-state index in [-0.39, 0.29) is 0 Å². The summed E-state index contributed by atoms with van der Waals surface area (Å²) in [5, 5.41) is 7.90. The molecule has 3 unspecified atom stereocenters. The second-order valence-electron chi connectivity index (χ2n) is 5.00. The summed E-state index contributed by atoms with van der Waals surface area (Å²) in [7, 11) is 0. The van der Waals surface area contributed by atoms with Gasteiger partial charge in [0.1, 0.15) is 0 Å². The lowest BCUT2D eigenvalue weighted by atomic mass is 10.0. The van der Waals surface area contributed by atoms with Crippen molar-refractivity contribution in [3.8, 4) is 0 Å². The fourth-order valence-electron chi connectivity index (χ4n) is 2.78. The molecule has 3 atom stereocenters. The predicted molar refractivity (Wildman–Crippen MR) is 65.1 cm³/mol. The zero-order valence-electron chi connectivity index (χ0n) is 10.5. The minimum atomic E-state index is 0.317. The van der Waals surface area contributed by atoms with Crippen LogP contribution in [0.1, 0.15) is 45.0 Å². The zero-order valence-corrected chi connectivity index (χ0v) is 10.5. The molecule has 0 spiro atoms. The summed E-state index contributed by atoms with van der Waals surface area (Å²) in [6.07, 6.45) is 4.99. The van der Waals surface area contributed by atoms with Crippen LogP contribution in [0.3, 0.4) is 0 Å². The zero-order chi connectivity index (χ0) is 11.8. The van der Waals surface area contributed by atoms with Crippen molar-refractivity contribution in [1.82, 2.24) is 14.8 Å². The molecule has 5 heteroatoms. The number of nitrogens with one attached hydrogen (secondary N) is 1. The molecule has 2 aliphatic rings. The first-order valence-corrected chi connectivity index (χ1v) is 6.62. The van der Waals surface area contributed by atoms with Crippen LogP contribution in [0.4, 0.5) is 5.95 Å². The number of ether oxygens (including phenoxy) is 1. The van der Waals surface area contributed by atoms with Gasteiger partial charge in [0.05, 0.1) is 18.2 Å². The van der Waals surface area contributed by atoms with Crippen LogP contribution in [0.25, 0.3) is 0 Å². The minimum absolute atomic E-state index is 0.317. The van der Waals surface area contributed by atoms with Crippen molar-refractivity contribution in [2.45, 2.75) is 57.8 Å². The summed E-state index contributed by atoms with van der Waals surface area (Å²) in [4.78, 5) is 4.50. The molecule has 5 nitrogen and oxygen atoms in total. The van der Waals surface area contributed by atoms with Crippen molar-refractivity contribution in [1.29, 1.82) is 0 Å². The highest BCUT2D eigenvalue weighted by Crippen LogP contribution is 2.33. The molecule has 1 fully saturated rings. The first-order valence-electron chi connectivity index (χ1n) is 6.62. The Kier molecular flexibility index (Phi) is 2.78. The monoisotopic (exact) mass is 236 g/mol. The minimum Gasteiger partial charge on any atom is -0.373 e. The van der Waals surface area contributed by atoms with Gasteiger partial charge >= 0.3 is 0 Å². The first kappa shape index (κ1) is 11.0. The fourth-order valence-corrected chi connectivity index (χ4v) is 2.78. The van der Waals surface area contributed by atoms with E-state index < -0.39 is 0 Å². The summed E-state index contributed by atoms with van der Waals surface area (Å²) >= 11 is 0. The van der Waals surface area contributed by atoms with Crippen molar-refractivity contribution in [2.75, 3.05) is 11.9 Å². The molecule has 0 radical (unpaired) electrons. The van der Waals surface area contributed by atoms with E-state index >= 15 is 0 Å². The average molecular weight is 236 g/mol. The number of hydrogen-bond acceptors (Lipinski definition) is 4. The van der Waals surface area contributed by atoms with Crippen molar-refractivity contribution >= 4 is 5.95 Å².